The molecule has 0 aliphatic rings. The third kappa shape index (κ3) is 3.23. The maximum absolute atomic E-state index is 12.2. The minimum atomic E-state index is 0.0115. The molecule has 4 heteroatoms. The van der Waals surface area contributed by atoms with Crippen molar-refractivity contribution < 1.29 is 4.79 Å². The quantitative estimate of drug-likeness (QED) is 0.860. The number of hydrogen-bond donors (Lipinski definition) is 2. The molecule has 0 spiro atoms. The summed E-state index contributed by atoms with van der Waals surface area (Å²) in [6, 6.07) is 13.8. The smallest absolute Gasteiger partial charge is 0.270 e. The topological polar surface area (TPSA) is 48.1 Å². The number of H-pyrrole nitrogens is 1. The van der Waals surface area contributed by atoms with Gasteiger partial charge in [-0.3, -0.25) is 4.79 Å². The van der Waals surface area contributed by atoms with Crippen LogP contribution in [0.2, 0.25) is 0 Å². The zero-order chi connectivity index (χ0) is 13.7. The molecule has 0 unspecified atom stereocenters. The molecule has 100 valence electrons. The van der Waals surface area contributed by atoms with Crippen LogP contribution in [-0.2, 0) is 0 Å². The highest BCUT2D eigenvalue weighted by molar-refractivity contribution is 5.93. The molecule has 2 aromatic rings. The molecule has 1 amide bonds. The Morgan fingerprint density at radius 2 is 1.95 bits per heavy atom. The van der Waals surface area contributed by atoms with Crippen LogP contribution in [-0.4, -0.2) is 43.0 Å². The van der Waals surface area contributed by atoms with Crippen LogP contribution in [0.15, 0.2) is 42.5 Å². The Morgan fingerprint density at radius 1 is 1.21 bits per heavy atom. The summed E-state index contributed by atoms with van der Waals surface area (Å²) in [7, 11) is 3.68. The first-order chi connectivity index (χ1) is 9.22. The summed E-state index contributed by atoms with van der Waals surface area (Å²) in [5.74, 6) is 0.0115. The molecule has 0 saturated heterocycles. The van der Waals surface area contributed by atoms with E-state index in [0.29, 0.717) is 12.2 Å². The van der Waals surface area contributed by atoms with Crippen LogP contribution in [0, 0.1) is 0 Å². The monoisotopic (exact) mass is 257 g/mol. The van der Waals surface area contributed by atoms with E-state index in [2.05, 4.69) is 10.3 Å². The summed E-state index contributed by atoms with van der Waals surface area (Å²) in [4.78, 5) is 17.0. The Morgan fingerprint density at radius 3 is 2.63 bits per heavy atom. The molecular weight excluding hydrogens is 238 g/mol. The number of nitrogens with zero attached hydrogens (tertiary/aromatic N) is 1. The van der Waals surface area contributed by atoms with Crippen molar-refractivity contribution >= 4 is 5.91 Å². The van der Waals surface area contributed by atoms with Crippen LogP contribution in [0.4, 0.5) is 0 Å². The third-order valence-electron chi connectivity index (χ3n) is 3.05. The van der Waals surface area contributed by atoms with Gasteiger partial charge in [-0.05, 0) is 24.7 Å². The second-order valence-electron chi connectivity index (χ2n) is 4.48. The molecule has 4 nitrogen and oxygen atoms in total. The van der Waals surface area contributed by atoms with Gasteiger partial charge in [0.2, 0.25) is 0 Å². The van der Waals surface area contributed by atoms with Gasteiger partial charge in [-0.1, -0.05) is 30.3 Å². The Hall–Kier alpha value is -2.07. The molecule has 0 saturated carbocycles. The Kier molecular flexibility index (Phi) is 4.36. The number of carbonyl (C=O) groups excluding carboxylic acids is 1. The first kappa shape index (κ1) is 13.4. The van der Waals surface area contributed by atoms with Gasteiger partial charge in [0.1, 0.15) is 5.69 Å². The van der Waals surface area contributed by atoms with E-state index in [0.717, 1.165) is 17.8 Å². The normalized spacial score (nSPS) is 10.4. The fraction of sp³-hybridized carbons (Fsp3) is 0.267. The Balaban J connectivity index is 2.11. The summed E-state index contributed by atoms with van der Waals surface area (Å²) >= 11 is 0. The van der Waals surface area contributed by atoms with Gasteiger partial charge in [0, 0.05) is 25.8 Å². The minimum Gasteiger partial charge on any atom is -0.351 e. The van der Waals surface area contributed by atoms with Crippen molar-refractivity contribution in [3.8, 4) is 11.3 Å². The zero-order valence-electron chi connectivity index (χ0n) is 11.3. The standard InChI is InChI=1S/C15H19N3O/c1-16-10-11-18(2)15(19)14-9-8-13(17-14)12-6-4-3-5-7-12/h3-9,16-17H,10-11H2,1-2H3. The van der Waals surface area contributed by atoms with E-state index < -0.39 is 0 Å². The number of nitrogens with one attached hydrogen (secondary N) is 2. The number of benzene rings is 1. The van der Waals surface area contributed by atoms with E-state index in [4.69, 9.17) is 0 Å². The lowest BCUT2D eigenvalue weighted by atomic mass is 10.2. The molecule has 0 bridgehead atoms. The predicted octanol–water partition coefficient (Wildman–Crippen LogP) is 1.97. The maximum Gasteiger partial charge on any atom is 0.270 e. The fourth-order valence-electron chi connectivity index (χ4n) is 1.89. The molecule has 0 atom stereocenters. The van der Waals surface area contributed by atoms with Gasteiger partial charge in [-0.25, -0.2) is 0 Å². The first-order valence-corrected chi connectivity index (χ1v) is 6.37. The highest BCUT2D eigenvalue weighted by atomic mass is 16.2. The van der Waals surface area contributed by atoms with Gasteiger partial charge in [0.05, 0.1) is 0 Å². The van der Waals surface area contributed by atoms with E-state index in [1.54, 1.807) is 4.90 Å². The average molecular weight is 257 g/mol. The molecular formula is C15H19N3O. The van der Waals surface area contributed by atoms with Crippen molar-refractivity contribution in [2.45, 2.75) is 0 Å². The van der Waals surface area contributed by atoms with Crippen LogP contribution < -0.4 is 5.32 Å². The van der Waals surface area contributed by atoms with Gasteiger partial charge in [0.15, 0.2) is 0 Å². The summed E-state index contributed by atoms with van der Waals surface area (Å²) in [6.07, 6.45) is 0. The maximum atomic E-state index is 12.2. The molecule has 2 rings (SSSR count). The summed E-state index contributed by atoms with van der Waals surface area (Å²) in [5, 5.41) is 3.03. The number of rotatable bonds is 5. The van der Waals surface area contributed by atoms with Gasteiger partial charge >= 0.3 is 0 Å². The van der Waals surface area contributed by atoms with E-state index in [1.807, 2.05) is 56.6 Å². The average Bonchev–Trinajstić information content (AvgIpc) is 2.94. The van der Waals surface area contributed by atoms with Gasteiger partial charge in [-0.15, -0.1) is 0 Å². The lowest BCUT2D eigenvalue weighted by molar-refractivity contribution is 0.0792. The number of hydrogen-bond acceptors (Lipinski definition) is 2. The molecule has 1 heterocycles. The van der Waals surface area contributed by atoms with Crippen molar-refractivity contribution in [2.24, 2.45) is 0 Å². The number of aromatic nitrogens is 1. The lowest BCUT2D eigenvalue weighted by Gasteiger charge is -2.15. The number of aromatic amines is 1. The van der Waals surface area contributed by atoms with Crippen LogP contribution >= 0.6 is 0 Å². The summed E-state index contributed by atoms with van der Waals surface area (Å²) in [5.41, 5.74) is 2.67. The lowest BCUT2D eigenvalue weighted by Crippen LogP contribution is -2.32. The predicted molar refractivity (Wildman–Crippen MR) is 77.1 cm³/mol. The highest BCUT2D eigenvalue weighted by Gasteiger charge is 2.13. The number of likely N-dealkylation sites (N-methyl/N-ethyl adjacent to an activating group) is 2. The molecule has 0 fully saturated rings. The molecule has 1 aromatic carbocycles. The molecule has 0 aliphatic carbocycles. The fourth-order valence-corrected chi connectivity index (χ4v) is 1.89. The van der Waals surface area contributed by atoms with Gasteiger partial charge < -0.3 is 15.2 Å². The zero-order valence-corrected chi connectivity index (χ0v) is 11.3. The van der Waals surface area contributed by atoms with E-state index >= 15 is 0 Å². The molecule has 19 heavy (non-hydrogen) atoms. The largest absolute Gasteiger partial charge is 0.351 e. The molecule has 0 radical (unpaired) electrons. The SMILES string of the molecule is CNCCN(C)C(=O)c1ccc(-c2ccccc2)[nH]1. The van der Waals surface area contributed by atoms with E-state index in [9.17, 15) is 4.79 Å². The van der Waals surface area contributed by atoms with E-state index in [-0.39, 0.29) is 5.91 Å². The van der Waals surface area contributed by atoms with Crippen LogP contribution in [0.1, 0.15) is 10.5 Å². The molecule has 1 aromatic heterocycles. The van der Waals surface area contributed by atoms with Crippen LogP contribution in [0.25, 0.3) is 11.3 Å². The van der Waals surface area contributed by atoms with Crippen molar-refractivity contribution in [1.82, 2.24) is 15.2 Å². The second-order valence-corrected chi connectivity index (χ2v) is 4.48. The minimum absolute atomic E-state index is 0.0115. The van der Waals surface area contributed by atoms with Crippen LogP contribution in [0.5, 0.6) is 0 Å². The van der Waals surface area contributed by atoms with Gasteiger partial charge in [0.25, 0.3) is 5.91 Å². The van der Waals surface area contributed by atoms with Crippen molar-refractivity contribution in [1.29, 1.82) is 0 Å². The molecule has 0 aliphatic heterocycles. The first-order valence-electron chi connectivity index (χ1n) is 6.37. The number of carbonyl (C=O) groups is 1. The van der Waals surface area contributed by atoms with Crippen molar-refractivity contribution in [3.63, 3.8) is 0 Å². The summed E-state index contributed by atoms with van der Waals surface area (Å²) in [6.45, 7) is 1.48. The highest BCUT2D eigenvalue weighted by Crippen LogP contribution is 2.18. The van der Waals surface area contributed by atoms with E-state index in [1.165, 1.54) is 0 Å². The third-order valence-corrected chi connectivity index (χ3v) is 3.05. The van der Waals surface area contributed by atoms with Crippen molar-refractivity contribution in [2.75, 3.05) is 27.2 Å². The molecule has 2 N–H and O–H groups in total. The van der Waals surface area contributed by atoms with Crippen molar-refractivity contribution in [3.05, 3.63) is 48.2 Å². The number of amides is 1. The van der Waals surface area contributed by atoms with Gasteiger partial charge in [-0.2, -0.15) is 0 Å². The second kappa shape index (κ2) is 6.20. The van der Waals surface area contributed by atoms with Crippen LogP contribution in [0.3, 0.4) is 0 Å². The Bertz CT molecular complexity index is 533. The summed E-state index contributed by atoms with van der Waals surface area (Å²) < 4.78 is 0. The Labute approximate surface area is 113 Å².